The van der Waals surface area contributed by atoms with Crippen molar-refractivity contribution in [3.05, 3.63) is 182 Å². The molecule has 12 aromatic rings. The van der Waals surface area contributed by atoms with Crippen LogP contribution in [0.15, 0.2) is 191 Å². The quantitative estimate of drug-likeness (QED) is 0.176. The SMILES string of the molecule is c1ccc(-c2ccc3c(c2)c2ccccc2n3-c2ccc3c(c2)oc2cc4oc5c(-c6nc(-c7ccccc7)nc(-c7ccccc7)n6)cccc5c4cc23)cc1. The summed E-state index contributed by atoms with van der Waals surface area (Å²) in [6.45, 7) is 0. The average Bonchev–Trinajstić information content (AvgIpc) is 3.94. The van der Waals surface area contributed by atoms with Gasteiger partial charge in [0, 0.05) is 61.3 Å². The summed E-state index contributed by atoms with van der Waals surface area (Å²) >= 11 is 0. The highest BCUT2D eigenvalue weighted by molar-refractivity contribution is 6.17. The van der Waals surface area contributed by atoms with Crippen molar-refractivity contribution < 1.29 is 8.83 Å². The molecule has 4 aromatic heterocycles. The van der Waals surface area contributed by atoms with Gasteiger partial charge in [-0.3, -0.25) is 0 Å². The molecule has 0 aliphatic rings. The molecule has 266 valence electrons. The Morgan fingerprint density at radius 3 is 1.68 bits per heavy atom. The van der Waals surface area contributed by atoms with Gasteiger partial charge in [-0.05, 0) is 53.6 Å². The van der Waals surface area contributed by atoms with Crippen LogP contribution in [0.2, 0.25) is 0 Å². The Morgan fingerprint density at radius 2 is 0.930 bits per heavy atom. The molecule has 12 rings (SSSR count). The predicted molar refractivity (Wildman–Crippen MR) is 230 cm³/mol. The molecule has 6 heteroatoms. The number of hydrogen-bond acceptors (Lipinski definition) is 5. The van der Waals surface area contributed by atoms with Crippen molar-refractivity contribution in [3.63, 3.8) is 0 Å². The Bertz CT molecular complexity index is 3450. The maximum atomic E-state index is 6.69. The number of para-hydroxylation sites is 2. The number of fused-ring (bicyclic) bond motifs is 9. The molecule has 8 aromatic carbocycles. The Morgan fingerprint density at radius 1 is 0.333 bits per heavy atom. The lowest BCUT2D eigenvalue weighted by Crippen LogP contribution is -2.00. The summed E-state index contributed by atoms with van der Waals surface area (Å²) in [6, 6.07) is 62.8. The number of benzene rings is 8. The molecule has 0 aliphatic heterocycles. The van der Waals surface area contributed by atoms with Crippen LogP contribution < -0.4 is 0 Å². The summed E-state index contributed by atoms with van der Waals surface area (Å²) in [5.74, 6) is 1.76. The van der Waals surface area contributed by atoms with E-state index in [0.29, 0.717) is 17.5 Å². The first-order chi connectivity index (χ1) is 28.2. The van der Waals surface area contributed by atoms with Gasteiger partial charge in [-0.2, -0.15) is 0 Å². The molecule has 0 saturated carbocycles. The largest absolute Gasteiger partial charge is 0.456 e. The minimum Gasteiger partial charge on any atom is -0.456 e. The molecule has 0 aliphatic carbocycles. The van der Waals surface area contributed by atoms with Gasteiger partial charge < -0.3 is 13.4 Å². The number of rotatable bonds is 5. The number of hydrogen-bond donors (Lipinski definition) is 0. The zero-order chi connectivity index (χ0) is 37.5. The van der Waals surface area contributed by atoms with E-state index >= 15 is 0 Å². The lowest BCUT2D eigenvalue weighted by Gasteiger charge is -2.08. The van der Waals surface area contributed by atoms with Crippen molar-refractivity contribution >= 4 is 65.7 Å². The first kappa shape index (κ1) is 31.5. The van der Waals surface area contributed by atoms with Crippen LogP contribution >= 0.6 is 0 Å². The van der Waals surface area contributed by atoms with E-state index in [1.165, 1.54) is 21.9 Å². The van der Waals surface area contributed by atoms with Crippen molar-refractivity contribution in [1.29, 1.82) is 0 Å². The zero-order valence-electron chi connectivity index (χ0n) is 30.4. The second-order valence-electron chi connectivity index (χ2n) is 14.4. The highest BCUT2D eigenvalue weighted by atomic mass is 16.3. The van der Waals surface area contributed by atoms with Crippen molar-refractivity contribution in [2.45, 2.75) is 0 Å². The van der Waals surface area contributed by atoms with Gasteiger partial charge in [0.25, 0.3) is 0 Å². The van der Waals surface area contributed by atoms with Gasteiger partial charge in [0.15, 0.2) is 17.5 Å². The Hall–Kier alpha value is -7.83. The molecule has 0 unspecified atom stereocenters. The number of furan rings is 2. The van der Waals surface area contributed by atoms with Crippen LogP contribution in [0.25, 0.3) is 117 Å². The van der Waals surface area contributed by atoms with Crippen LogP contribution in [0.4, 0.5) is 0 Å². The molecule has 0 saturated heterocycles. The maximum Gasteiger partial charge on any atom is 0.167 e. The lowest BCUT2D eigenvalue weighted by atomic mass is 10.0. The second-order valence-corrected chi connectivity index (χ2v) is 14.4. The topological polar surface area (TPSA) is 69.9 Å². The molecular formula is C51H30N4O2. The third-order valence-electron chi connectivity index (χ3n) is 11.1. The van der Waals surface area contributed by atoms with Gasteiger partial charge in [-0.1, -0.05) is 127 Å². The summed E-state index contributed by atoms with van der Waals surface area (Å²) in [6.07, 6.45) is 0. The molecule has 0 atom stereocenters. The molecule has 0 spiro atoms. The highest BCUT2D eigenvalue weighted by Gasteiger charge is 2.20. The minimum absolute atomic E-state index is 0.551. The van der Waals surface area contributed by atoms with E-state index in [1.807, 2.05) is 78.9 Å². The van der Waals surface area contributed by atoms with Gasteiger partial charge in [-0.15, -0.1) is 0 Å². The summed E-state index contributed by atoms with van der Waals surface area (Å²) in [5, 5.41) is 6.50. The van der Waals surface area contributed by atoms with Crippen LogP contribution in [-0.2, 0) is 0 Å². The number of aromatic nitrogens is 4. The standard InChI is InChI=1S/C51H30N4O2/c1-4-13-31(14-5-1)34-23-26-44-40(27-34)36-19-10-11-22-43(36)55(44)35-24-25-37-41-29-42-38-20-12-21-39(48(38)57-47(42)30-46(41)56-45(37)28-35)51-53-49(32-15-6-2-7-16-32)52-50(54-51)33-17-8-3-9-18-33/h1-30H. The third-order valence-corrected chi connectivity index (χ3v) is 11.1. The van der Waals surface area contributed by atoms with Crippen LogP contribution in [0, 0.1) is 0 Å². The van der Waals surface area contributed by atoms with Crippen molar-refractivity contribution in [2.75, 3.05) is 0 Å². The smallest absolute Gasteiger partial charge is 0.167 e. The lowest BCUT2D eigenvalue weighted by molar-refractivity contribution is 0.656. The van der Waals surface area contributed by atoms with Crippen LogP contribution in [-0.4, -0.2) is 19.5 Å². The molecule has 0 radical (unpaired) electrons. The van der Waals surface area contributed by atoms with Crippen molar-refractivity contribution in [3.8, 4) is 51.0 Å². The van der Waals surface area contributed by atoms with E-state index in [4.69, 9.17) is 23.8 Å². The van der Waals surface area contributed by atoms with E-state index in [1.54, 1.807) is 0 Å². The minimum atomic E-state index is 0.551. The first-order valence-electron chi connectivity index (χ1n) is 19.0. The Balaban J connectivity index is 0.995. The van der Waals surface area contributed by atoms with E-state index in [2.05, 4.69) is 108 Å². The van der Waals surface area contributed by atoms with Crippen LogP contribution in [0.1, 0.15) is 0 Å². The van der Waals surface area contributed by atoms with Crippen LogP contribution in [0.5, 0.6) is 0 Å². The maximum absolute atomic E-state index is 6.69. The van der Waals surface area contributed by atoms with E-state index in [0.717, 1.165) is 77.3 Å². The molecule has 0 N–H and O–H groups in total. The fourth-order valence-corrected chi connectivity index (χ4v) is 8.36. The fourth-order valence-electron chi connectivity index (χ4n) is 8.36. The average molecular weight is 731 g/mol. The highest BCUT2D eigenvalue weighted by Crippen LogP contribution is 2.41. The molecule has 57 heavy (non-hydrogen) atoms. The normalized spacial score (nSPS) is 11.9. The zero-order valence-corrected chi connectivity index (χ0v) is 30.4. The molecule has 4 heterocycles. The second kappa shape index (κ2) is 12.3. The molecule has 6 nitrogen and oxygen atoms in total. The Labute approximate surface area is 325 Å². The monoisotopic (exact) mass is 730 g/mol. The Kier molecular flexibility index (Phi) is 6.83. The van der Waals surface area contributed by atoms with Crippen molar-refractivity contribution in [1.82, 2.24) is 19.5 Å². The summed E-state index contributed by atoms with van der Waals surface area (Å²) in [7, 11) is 0. The van der Waals surface area contributed by atoms with E-state index < -0.39 is 0 Å². The fraction of sp³-hybridized carbons (Fsp3) is 0. The predicted octanol–water partition coefficient (Wildman–Crippen LogP) is 13.4. The third kappa shape index (κ3) is 5.01. The van der Waals surface area contributed by atoms with Gasteiger partial charge in [0.05, 0.1) is 16.6 Å². The summed E-state index contributed by atoms with van der Waals surface area (Å²) < 4.78 is 15.7. The van der Waals surface area contributed by atoms with Gasteiger partial charge >= 0.3 is 0 Å². The summed E-state index contributed by atoms with van der Waals surface area (Å²) in [5.41, 5.74) is 11.4. The summed E-state index contributed by atoms with van der Waals surface area (Å²) in [4.78, 5) is 14.9. The van der Waals surface area contributed by atoms with Gasteiger partial charge in [-0.25, -0.2) is 15.0 Å². The van der Waals surface area contributed by atoms with Gasteiger partial charge in [0.2, 0.25) is 0 Å². The van der Waals surface area contributed by atoms with E-state index in [9.17, 15) is 0 Å². The molecule has 0 fully saturated rings. The molecule has 0 amide bonds. The molecule has 0 bridgehead atoms. The molecular weight excluding hydrogens is 701 g/mol. The first-order valence-corrected chi connectivity index (χ1v) is 19.0. The number of nitrogens with zero attached hydrogens (tertiary/aromatic N) is 4. The van der Waals surface area contributed by atoms with Gasteiger partial charge in [0.1, 0.15) is 22.3 Å². The van der Waals surface area contributed by atoms with E-state index in [-0.39, 0.29) is 0 Å². The van der Waals surface area contributed by atoms with Crippen molar-refractivity contribution in [2.24, 2.45) is 0 Å². The van der Waals surface area contributed by atoms with Crippen LogP contribution in [0.3, 0.4) is 0 Å².